The third-order valence-corrected chi connectivity index (χ3v) is 5.39. The third kappa shape index (κ3) is 5.52. The minimum absolute atomic E-state index is 0.274. The van der Waals surface area contributed by atoms with Crippen LogP contribution in [0.25, 0.3) is 0 Å². The summed E-state index contributed by atoms with van der Waals surface area (Å²) in [6.45, 7) is 8.59. The summed E-state index contributed by atoms with van der Waals surface area (Å²) in [5.74, 6) is 0.764. The van der Waals surface area contributed by atoms with E-state index in [4.69, 9.17) is 27.9 Å². The molecule has 1 aliphatic rings. The van der Waals surface area contributed by atoms with E-state index in [1.807, 2.05) is 31.2 Å². The smallest absolute Gasteiger partial charge is 0.122 e. The fraction of sp³-hybridized carbons (Fsp3) is 0.429. The molecule has 1 atom stereocenters. The van der Waals surface area contributed by atoms with Crippen LogP contribution in [0, 0.1) is 13.8 Å². The van der Waals surface area contributed by atoms with Gasteiger partial charge in [-0.05, 0) is 55.3 Å². The lowest BCUT2D eigenvalue weighted by Gasteiger charge is -2.37. The highest BCUT2D eigenvalue weighted by Crippen LogP contribution is 2.25. The van der Waals surface area contributed by atoms with E-state index in [1.54, 1.807) is 6.07 Å². The number of ether oxygens (including phenoxy) is 1. The molecule has 0 aromatic heterocycles. The van der Waals surface area contributed by atoms with Crippen molar-refractivity contribution in [3.8, 4) is 5.75 Å². The number of hydrogen-bond acceptors (Lipinski definition) is 4. The van der Waals surface area contributed by atoms with E-state index in [0.29, 0.717) is 11.6 Å². The molecule has 1 N–H and O–H groups in total. The van der Waals surface area contributed by atoms with Gasteiger partial charge in [0.05, 0.1) is 0 Å². The molecule has 3 rings (SSSR count). The molecular formula is C21H26Cl2N2O2. The highest BCUT2D eigenvalue weighted by molar-refractivity contribution is 6.31. The molecule has 146 valence electrons. The zero-order valence-corrected chi connectivity index (χ0v) is 17.3. The first-order chi connectivity index (χ1) is 12.9. The Bertz CT molecular complexity index is 777. The Kier molecular flexibility index (Phi) is 6.88. The number of aliphatic hydroxyl groups excluding tert-OH is 1. The number of β-amino-alcohol motifs (C(OH)–C–C–N with tert-alkyl or cyclic N) is 1. The largest absolute Gasteiger partial charge is 0.491 e. The molecule has 0 unspecified atom stereocenters. The number of halogens is 2. The van der Waals surface area contributed by atoms with Gasteiger partial charge < -0.3 is 14.7 Å². The minimum Gasteiger partial charge on any atom is -0.491 e. The second-order valence-corrected chi connectivity index (χ2v) is 7.97. The number of benzene rings is 2. The average molecular weight is 409 g/mol. The molecule has 4 nitrogen and oxygen atoms in total. The first-order valence-electron chi connectivity index (χ1n) is 9.23. The monoisotopic (exact) mass is 408 g/mol. The standard InChI is InChI=1S/C21H26Cl2N2O2/c1-15-3-4-18(23)12-20(15)25-9-7-24(8-10-25)13-19(26)14-27-21-6-5-17(22)11-16(21)2/h3-6,11-12,19,26H,7-10,13-14H2,1-2H3/t19-/m0/s1. The molecule has 0 amide bonds. The van der Waals surface area contributed by atoms with Gasteiger partial charge in [0.25, 0.3) is 0 Å². The van der Waals surface area contributed by atoms with E-state index >= 15 is 0 Å². The van der Waals surface area contributed by atoms with Crippen molar-refractivity contribution < 1.29 is 9.84 Å². The molecule has 2 aromatic carbocycles. The molecule has 0 spiro atoms. The number of aryl methyl sites for hydroxylation is 2. The fourth-order valence-electron chi connectivity index (χ4n) is 3.41. The van der Waals surface area contributed by atoms with Crippen LogP contribution in [0.3, 0.4) is 0 Å². The van der Waals surface area contributed by atoms with Crippen molar-refractivity contribution in [2.24, 2.45) is 0 Å². The normalized spacial score (nSPS) is 16.4. The van der Waals surface area contributed by atoms with Gasteiger partial charge in [-0.1, -0.05) is 29.3 Å². The maximum atomic E-state index is 10.3. The summed E-state index contributed by atoms with van der Waals surface area (Å²) in [6, 6.07) is 11.5. The van der Waals surface area contributed by atoms with Crippen LogP contribution in [0.1, 0.15) is 11.1 Å². The van der Waals surface area contributed by atoms with Gasteiger partial charge in [-0.2, -0.15) is 0 Å². The van der Waals surface area contributed by atoms with Crippen molar-refractivity contribution in [2.45, 2.75) is 20.0 Å². The van der Waals surface area contributed by atoms with Crippen LogP contribution < -0.4 is 9.64 Å². The van der Waals surface area contributed by atoms with Gasteiger partial charge in [-0.25, -0.2) is 0 Å². The van der Waals surface area contributed by atoms with E-state index in [2.05, 4.69) is 22.8 Å². The van der Waals surface area contributed by atoms with Crippen molar-refractivity contribution in [2.75, 3.05) is 44.2 Å². The highest BCUT2D eigenvalue weighted by Gasteiger charge is 2.21. The lowest BCUT2D eigenvalue weighted by molar-refractivity contribution is 0.0661. The van der Waals surface area contributed by atoms with Crippen LogP contribution in [0.5, 0.6) is 5.75 Å². The predicted octanol–water partition coefficient (Wildman–Crippen LogP) is 4.17. The average Bonchev–Trinajstić information content (AvgIpc) is 2.64. The topological polar surface area (TPSA) is 35.9 Å². The fourth-order valence-corrected chi connectivity index (χ4v) is 3.80. The van der Waals surface area contributed by atoms with Crippen LogP contribution in [0.4, 0.5) is 5.69 Å². The van der Waals surface area contributed by atoms with Gasteiger partial charge in [0.2, 0.25) is 0 Å². The molecule has 1 saturated heterocycles. The van der Waals surface area contributed by atoms with E-state index in [0.717, 1.165) is 42.5 Å². The summed E-state index contributed by atoms with van der Waals surface area (Å²) < 4.78 is 5.75. The summed E-state index contributed by atoms with van der Waals surface area (Å²) in [6.07, 6.45) is -0.528. The number of nitrogens with zero attached hydrogens (tertiary/aromatic N) is 2. The van der Waals surface area contributed by atoms with Gasteiger partial charge >= 0.3 is 0 Å². The first kappa shape index (κ1) is 20.3. The SMILES string of the molecule is Cc1cc(Cl)ccc1OC[C@@H](O)CN1CCN(c2cc(Cl)ccc2C)CC1. The summed E-state index contributed by atoms with van der Waals surface area (Å²) in [4.78, 5) is 4.64. The minimum atomic E-state index is -0.528. The van der Waals surface area contributed by atoms with Crippen LogP contribution in [0.2, 0.25) is 10.0 Å². The molecule has 0 radical (unpaired) electrons. The second kappa shape index (κ2) is 9.16. The Balaban J connectivity index is 1.46. The molecule has 0 aliphatic carbocycles. The van der Waals surface area contributed by atoms with Crippen LogP contribution >= 0.6 is 23.2 Å². The second-order valence-electron chi connectivity index (χ2n) is 7.09. The number of aliphatic hydroxyl groups is 1. The number of anilines is 1. The molecule has 0 bridgehead atoms. The molecule has 1 heterocycles. The third-order valence-electron chi connectivity index (χ3n) is 4.92. The maximum absolute atomic E-state index is 10.3. The highest BCUT2D eigenvalue weighted by atomic mass is 35.5. The van der Waals surface area contributed by atoms with Gasteiger partial charge in [-0.3, -0.25) is 4.90 Å². The van der Waals surface area contributed by atoms with Gasteiger partial charge in [0.15, 0.2) is 0 Å². The predicted molar refractivity (Wildman–Crippen MR) is 113 cm³/mol. The lowest BCUT2D eigenvalue weighted by Crippen LogP contribution is -2.49. The Morgan fingerprint density at radius 3 is 2.33 bits per heavy atom. The van der Waals surface area contributed by atoms with Gasteiger partial charge in [0, 0.05) is 48.5 Å². The Hall–Kier alpha value is -1.46. The van der Waals surface area contributed by atoms with Gasteiger partial charge in [0.1, 0.15) is 18.5 Å². The van der Waals surface area contributed by atoms with Crippen LogP contribution in [-0.2, 0) is 0 Å². The van der Waals surface area contributed by atoms with Crippen LogP contribution in [0.15, 0.2) is 36.4 Å². The zero-order chi connectivity index (χ0) is 19.4. The lowest BCUT2D eigenvalue weighted by atomic mass is 10.1. The van der Waals surface area contributed by atoms with Crippen LogP contribution in [-0.4, -0.2) is 55.4 Å². The Morgan fingerprint density at radius 1 is 0.963 bits per heavy atom. The number of hydrogen-bond donors (Lipinski definition) is 1. The maximum Gasteiger partial charge on any atom is 0.122 e. The summed E-state index contributed by atoms with van der Waals surface area (Å²) in [5.41, 5.74) is 3.41. The summed E-state index contributed by atoms with van der Waals surface area (Å²) >= 11 is 12.1. The van der Waals surface area contributed by atoms with Crippen molar-refractivity contribution >= 4 is 28.9 Å². The molecule has 27 heavy (non-hydrogen) atoms. The summed E-state index contributed by atoms with van der Waals surface area (Å²) in [5, 5.41) is 11.8. The summed E-state index contributed by atoms with van der Waals surface area (Å²) in [7, 11) is 0. The Morgan fingerprint density at radius 2 is 1.63 bits per heavy atom. The first-order valence-corrected chi connectivity index (χ1v) is 9.98. The van der Waals surface area contributed by atoms with E-state index in [-0.39, 0.29) is 6.61 Å². The molecule has 6 heteroatoms. The van der Waals surface area contributed by atoms with Gasteiger partial charge in [-0.15, -0.1) is 0 Å². The van der Waals surface area contributed by atoms with Crippen molar-refractivity contribution in [1.29, 1.82) is 0 Å². The van der Waals surface area contributed by atoms with E-state index in [9.17, 15) is 5.11 Å². The zero-order valence-electron chi connectivity index (χ0n) is 15.8. The van der Waals surface area contributed by atoms with E-state index in [1.165, 1.54) is 11.3 Å². The van der Waals surface area contributed by atoms with Crippen molar-refractivity contribution in [3.05, 3.63) is 57.6 Å². The molecule has 2 aromatic rings. The van der Waals surface area contributed by atoms with Crippen molar-refractivity contribution in [3.63, 3.8) is 0 Å². The molecule has 0 saturated carbocycles. The van der Waals surface area contributed by atoms with E-state index < -0.39 is 6.10 Å². The van der Waals surface area contributed by atoms with Crippen molar-refractivity contribution in [1.82, 2.24) is 4.90 Å². The quantitative estimate of drug-likeness (QED) is 0.777. The molecular weight excluding hydrogens is 383 g/mol. The molecule has 1 fully saturated rings. The number of rotatable bonds is 6. The Labute approximate surface area is 171 Å². The number of piperazine rings is 1. The molecule has 1 aliphatic heterocycles.